The van der Waals surface area contributed by atoms with Crippen molar-refractivity contribution >= 4 is 74.6 Å². The Morgan fingerprint density at radius 1 is 0.875 bits per heavy atom. The first-order chi connectivity index (χ1) is 15.7. The molecule has 0 saturated carbocycles. The topological polar surface area (TPSA) is 78.9 Å². The van der Waals surface area contributed by atoms with E-state index in [0.29, 0.717) is 5.11 Å². The van der Waals surface area contributed by atoms with Crippen LogP contribution in [0.25, 0.3) is 10.8 Å². The Hall–Kier alpha value is -2.66. The Labute approximate surface area is 203 Å². The van der Waals surface area contributed by atoms with Crippen LogP contribution in [0.4, 0.5) is 5.69 Å². The third-order valence-corrected chi connectivity index (χ3v) is 7.74. The van der Waals surface area contributed by atoms with Gasteiger partial charge in [0.1, 0.15) is 0 Å². The molecule has 3 aromatic carbocycles. The number of nitrogens with one attached hydrogen (secondary N) is 3. The van der Waals surface area contributed by atoms with Gasteiger partial charge in [-0.2, -0.15) is 0 Å². The summed E-state index contributed by atoms with van der Waals surface area (Å²) in [4.78, 5) is 12.1. The Kier molecular flexibility index (Phi) is 7.94. The van der Waals surface area contributed by atoms with Gasteiger partial charge in [0.15, 0.2) is 13.8 Å². The van der Waals surface area contributed by atoms with E-state index in [0.717, 1.165) is 20.1 Å². The van der Waals surface area contributed by atoms with Crippen molar-refractivity contribution in [3.63, 3.8) is 0 Å². The number of thiocarbonyl (C=S) groups is 1. The Bertz CT molecular complexity index is 1210. The summed E-state index contributed by atoms with van der Waals surface area (Å²) in [6, 6.07) is 24.2. The highest BCUT2D eigenvalue weighted by molar-refractivity contribution is 8.03. The fraction of sp³-hybridized carbons (Fsp3) is 0.0909. The minimum atomic E-state index is -0.202. The number of hydrogen-bond acceptors (Lipinski definition) is 7. The molecule has 162 valence electrons. The van der Waals surface area contributed by atoms with Gasteiger partial charge in [-0.25, -0.2) is 0 Å². The number of fused-ring (bicyclic) bond motifs is 1. The second-order valence-electron chi connectivity index (χ2n) is 6.54. The van der Waals surface area contributed by atoms with Crippen LogP contribution in [0.2, 0.25) is 0 Å². The van der Waals surface area contributed by atoms with Gasteiger partial charge >= 0.3 is 0 Å². The predicted molar refractivity (Wildman–Crippen MR) is 138 cm³/mol. The summed E-state index contributed by atoms with van der Waals surface area (Å²) in [5, 5.41) is 14.2. The van der Waals surface area contributed by atoms with Gasteiger partial charge in [0.2, 0.25) is 5.91 Å². The number of benzene rings is 3. The Morgan fingerprint density at radius 3 is 2.44 bits per heavy atom. The van der Waals surface area contributed by atoms with Crippen LogP contribution in [0.3, 0.4) is 0 Å². The van der Waals surface area contributed by atoms with Crippen LogP contribution in [-0.2, 0) is 10.5 Å². The first-order valence-corrected chi connectivity index (χ1v) is 12.8. The molecule has 0 spiro atoms. The lowest BCUT2D eigenvalue weighted by atomic mass is 10.1. The molecule has 0 aliphatic carbocycles. The molecule has 0 atom stereocenters. The summed E-state index contributed by atoms with van der Waals surface area (Å²) in [5.41, 5.74) is 7.39. The predicted octanol–water partition coefficient (Wildman–Crippen LogP) is 5.09. The van der Waals surface area contributed by atoms with Gasteiger partial charge in [0.25, 0.3) is 0 Å². The number of carbonyl (C=O) groups excluding carboxylic acids is 1. The third kappa shape index (κ3) is 6.42. The van der Waals surface area contributed by atoms with Crippen LogP contribution < -0.4 is 16.2 Å². The highest BCUT2D eigenvalue weighted by Gasteiger charge is 2.10. The van der Waals surface area contributed by atoms with Gasteiger partial charge in [-0.3, -0.25) is 15.6 Å². The lowest BCUT2D eigenvalue weighted by Crippen LogP contribution is -2.44. The molecule has 1 amide bonds. The number of hydrogen-bond donors (Lipinski definition) is 3. The van der Waals surface area contributed by atoms with Gasteiger partial charge in [-0.15, -0.1) is 10.2 Å². The number of para-hydroxylation sites is 1. The van der Waals surface area contributed by atoms with E-state index in [1.807, 2.05) is 36.4 Å². The van der Waals surface area contributed by atoms with Gasteiger partial charge in [0.05, 0.1) is 5.75 Å². The van der Waals surface area contributed by atoms with Crippen LogP contribution in [0.1, 0.15) is 5.56 Å². The van der Waals surface area contributed by atoms with Gasteiger partial charge in [-0.05, 0) is 40.7 Å². The summed E-state index contributed by atoms with van der Waals surface area (Å²) in [7, 11) is 0. The highest BCUT2D eigenvalue weighted by atomic mass is 32.2. The fourth-order valence-electron chi connectivity index (χ4n) is 2.85. The van der Waals surface area contributed by atoms with Gasteiger partial charge in [-0.1, -0.05) is 95.5 Å². The van der Waals surface area contributed by atoms with Gasteiger partial charge in [0, 0.05) is 11.4 Å². The molecule has 6 nitrogen and oxygen atoms in total. The summed E-state index contributed by atoms with van der Waals surface area (Å²) >= 11 is 9.66. The smallest absolute Gasteiger partial charge is 0.248 e. The Balaban J connectivity index is 1.21. The van der Waals surface area contributed by atoms with Crippen molar-refractivity contribution in [2.24, 2.45) is 0 Å². The molecule has 0 fully saturated rings. The molecule has 0 saturated heterocycles. The molecule has 32 heavy (non-hydrogen) atoms. The number of aromatic nitrogens is 2. The molecule has 1 aromatic heterocycles. The van der Waals surface area contributed by atoms with Crippen LogP contribution in [0, 0.1) is 0 Å². The molecule has 3 N–H and O–H groups in total. The average Bonchev–Trinajstić information content (AvgIpc) is 3.28. The van der Waals surface area contributed by atoms with Crippen molar-refractivity contribution < 1.29 is 4.79 Å². The molecule has 10 heteroatoms. The van der Waals surface area contributed by atoms with E-state index in [9.17, 15) is 4.79 Å². The molecular weight excluding hydrogens is 479 g/mol. The van der Waals surface area contributed by atoms with Crippen LogP contribution >= 0.6 is 47.1 Å². The largest absolute Gasteiger partial charge is 0.331 e. The number of amides is 1. The van der Waals surface area contributed by atoms with Crippen molar-refractivity contribution in [2.75, 3.05) is 11.1 Å². The second kappa shape index (κ2) is 11.3. The average molecular weight is 498 g/mol. The van der Waals surface area contributed by atoms with Crippen molar-refractivity contribution in [1.29, 1.82) is 0 Å². The number of anilines is 1. The minimum Gasteiger partial charge on any atom is -0.331 e. The van der Waals surface area contributed by atoms with Gasteiger partial charge < -0.3 is 5.32 Å². The first-order valence-electron chi connectivity index (χ1n) is 9.64. The maximum absolute atomic E-state index is 12.1. The number of rotatable bonds is 7. The van der Waals surface area contributed by atoms with Crippen LogP contribution in [0.5, 0.6) is 0 Å². The monoisotopic (exact) mass is 497 g/mol. The normalized spacial score (nSPS) is 10.6. The summed E-state index contributed by atoms with van der Waals surface area (Å²) in [6.07, 6.45) is 0. The number of hydrazine groups is 1. The Morgan fingerprint density at radius 2 is 1.59 bits per heavy atom. The molecule has 4 aromatic rings. The van der Waals surface area contributed by atoms with E-state index < -0.39 is 0 Å². The first kappa shape index (κ1) is 22.5. The molecule has 0 aliphatic heterocycles. The third-order valence-electron chi connectivity index (χ3n) is 4.29. The van der Waals surface area contributed by atoms with E-state index in [1.54, 1.807) is 11.8 Å². The zero-order chi connectivity index (χ0) is 22.2. The highest BCUT2D eigenvalue weighted by Crippen LogP contribution is 2.32. The summed E-state index contributed by atoms with van der Waals surface area (Å²) in [6.45, 7) is 0. The van der Waals surface area contributed by atoms with E-state index in [-0.39, 0.29) is 11.7 Å². The van der Waals surface area contributed by atoms with Crippen molar-refractivity contribution in [3.05, 3.63) is 78.4 Å². The van der Waals surface area contributed by atoms with Crippen molar-refractivity contribution in [2.45, 2.75) is 14.4 Å². The molecule has 0 aliphatic rings. The summed E-state index contributed by atoms with van der Waals surface area (Å²) < 4.78 is 1.64. The molecule has 0 unspecified atom stereocenters. The van der Waals surface area contributed by atoms with E-state index in [1.165, 1.54) is 39.4 Å². The lowest BCUT2D eigenvalue weighted by Gasteiger charge is -2.11. The van der Waals surface area contributed by atoms with Crippen LogP contribution in [-0.4, -0.2) is 27.0 Å². The number of nitrogens with zero attached hydrogens (tertiary/aromatic N) is 2. The standard InChI is InChI=1S/C22H19N5OS4/c28-19(24-25-20(29)23-17-10-2-1-3-11-17)14-31-22-27-26-21(32-22)30-13-16-9-6-8-15-7-4-5-12-18(15)16/h1-12H,13-14H2,(H,24,28)(H2,23,25,29). The van der Waals surface area contributed by atoms with E-state index in [4.69, 9.17) is 12.2 Å². The number of thioether (sulfide) groups is 2. The quantitative estimate of drug-likeness (QED) is 0.185. The number of carbonyl (C=O) groups is 1. The molecule has 1 heterocycles. The fourth-order valence-corrected chi connectivity index (χ4v) is 5.84. The SMILES string of the molecule is O=C(CSc1nnc(SCc2cccc3ccccc23)s1)NNC(=S)Nc1ccccc1. The van der Waals surface area contributed by atoms with Crippen LogP contribution in [0.15, 0.2) is 81.5 Å². The van der Waals surface area contributed by atoms with Crippen molar-refractivity contribution in [3.8, 4) is 0 Å². The maximum Gasteiger partial charge on any atom is 0.248 e. The molecule has 0 radical (unpaired) electrons. The van der Waals surface area contributed by atoms with Crippen molar-refractivity contribution in [1.82, 2.24) is 21.0 Å². The molecule has 4 rings (SSSR count). The minimum absolute atomic E-state index is 0.202. The maximum atomic E-state index is 12.1. The second-order valence-corrected chi connectivity index (χ2v) is 10.4. The zero-order valence-electron chi connectivity index (χ0n) is 16.8. The van der Waals surface area contributed by atoms with E-state index in [2.05, 4.69) is 62.8 Å². The lowest BCUT2D eigenvalue weighted by molar-refractivity contribution is -0.119. The molecule has 0 bridgehead atoms. The zero-order valence-corrected chi connectivity index (χ0v) is 20.0. The van der Waals surface area contributed by atoms with E-state index >= 15 is 0 Å². The molecular formula is C22H19N5OS4. The summed E-state index contributed by atoms with van der Waals surface area (Å²) in [5.74, 6) is 0.827.